The maximum atomic E-state index is 11.7. The second kappa shape index (κ2) is 5.35. The van der Waals surface area contributed by atoms with E-state index in [2.05, 4.69) is 26.0 Å². The van der Waals surface area contributed by atoms with Gasteiger partial charge in [0.1, 0.15) is 6.61 Å². The highest BCUT2D eigenvalue weighted by Gasteiger charge is 2.42. The Hall–Kier alpha value is -0.300. The third-order valence-corrected chi connectivity index (χ3v) is 3.33. The molecule has 7 heteroatoms. The lowest BCUT2D eigenvalue weighted by molar-refractivity contribution is -0.174. The van der Waals surface area contributed by atoms with E-state index in [0.29, 0.717) is 5.33 Å². The van der Waals surface area contributed by atoms with E-state index < -0.39 is 12.8 Å². The molecule has 1 N–H and O–H groups in total. The van der Waals surface area contributed by atoms with Crippen LogP contribution in [0.5, 0.6) is 0 Å². The molecule has 1 aliphatic carbocycles. The third-order valence-electron chi connectivity index (χ3n) is 2.25. The van der Waals surface area contributed by atoms with Crippen LogP contribution in [0.1, 0.15) is 19.3 Å². The molecule has 0 aliphatic heterocycles. The summed E-state index contributed by atoms with van der Waals surface area (Å²) >= 11 is 3.28. The first-order chi connectivity index (χ1) is 7.37. The van der Waals surface area contributed by atoms with Crippen molar-refractivity contribution in [3.05, 3.63) is 0 Å². The van der Waals surface area contributed by atoms with Gasteiger partial charge in [-0.1, -0.05) is 15.9 Å². The van der Waals surface area contributed by atoms with Crippen molar-refractivity contribution in [2.24, 2.45) is 0 Å². The number of rotatable bonds is 6. The molecule has 0 atom stereocenters. The number of hydrogen-bond acceptors (Lipinski definition) is 2. The quantitative estimate of drug-likeness (QED) is 0.602. The topological polar surface area (TPSA) is 38.3 Å². The van der Waals surface area contributed by atoms with Crippen LogP contribution in [0.2, 0.25) is 0 Å². The highest BCUT2D eigenvalue weighted by molar-refractivity contribution is 9.09. The van der Waals surface area contributed by atoms with E-state index in [4.69, 9.17) is 0 Å². The average molecular weight is 304 g/mol. The van der Waals surface area contributed by atoms with Gasteiger partial charge in [0.05, 0.1) is 6.61 Å². The number of nitrogens with one attached hydrogen (secondary N) is 1. The van der Waals surface area contributed by atoms with E-state index in [1.165, 1.54) is 0 Å². The van der Waals surface area contributed by atoms with Gasteiger partial charge in [-0.05, 0) is 12.8 Å². The lowest BCUT2D eigenvalue weighted by Gasteiger charge is -2.14. The molecule has 0 bridgehead atoms. The SMILES string of the molecule is O=C(CCOCC(F)(F)F)NC1(CBr)CC1. The Kier molecular flexibility index (Phi) is 4.61. The van der Waals surface area contributed by atoms with Crippen LogP contribution in [0, 0.1) is 0 Å². The fourth-order valence-electron chi connectivity index (χ4n) is 1.15. The molecule has 0 spiro atoms. The first kappa shape index (κ1) is 13.8. The molecule has 0 aromatic carbocycles. The molecular weight excluding hydrogens is 291 g/mol. The van der Waals surface area contributed by atoms with Crippen molar-refractivity contribution in [3.8, 4) is 0 Å². The summed E-state index contributed by atoms with van der Waals surface area (Å²) in [6.45, 7) is -1.51. The number of hydrogen-bond donors (Lipinski definition) is 1. The first-order valence-electron chi connectivity index (χ1n) is 4.88. The van der Waals surface area contributed by atoms with E-state index in [9.17, 15) is 18.0 Å². The zero-order chi connectivity index (χ0) is 12.2. The number of amides is 1. The lowest BCUT2D eigenvalue weighted by atomic mass is 10.3. The van der Waals surface area contributed by atoms with Crippen LogP contribution in [0.3, 0.4) is 0 Å². The molecule has 94 valence electrons. The van der Waals surface area contributed by atoms with Crippen LogP contribution in [-0.2, 0) is 9.53 Å². The van der Waals surface area contributed by atoms with Gasteiger partial charge in [0.25, 0.3) is 0 Å². The summed E-state index contributed by atoms with van der Waals surface area (Å²) in [6, 6.07) is 0. The summed E-state index contributed by atoms with van der Waals surface area (Å²) < 4.78 is 39.4. The summed E-state index contributed by atoms with van der Waals surface area (Å²) in [5, 5.41) is 3.44. The van der Waals surface area contributed by atoms with Gasteiger partial charge >= 0.3 is 6.18 Å². The Balaban J connectivity index is 2.07. The standard InChI is InChI=1S/C9H13BrF3NO2/c10-5-8(2-3-8)14-7(15)1-4-16-6-9(11,12)13/h1-6H2,(H,14,15). The van der Waals surface area contributed by atoms with E-state index in [-0.39, 0.29) is 24.5 Å². The number of carbonyl (C=O) groups excluding carboxylic acids is 1. The smallest absolute Gasteiger partial charge is 0.372 e. The monoisotopic (exact) mass is 303 g/mol. The lowest BCUT2D eigenvalue weighted by Crippen LogP contribution is -2.38. The maximum absolute atomic E-state index is 11.7. The van der Waals surface area contributed by atoms with Crippen molar-refractivity contribution in [1.29, 1.82) is 0 Å². The molecule has 0 aromatic heterocycles. The highest BCUT2D eigenvalue weighted by atomic mass is 79.9. The maximum Gasteiger partial charge on any atom is 0.411 e. The van der Waals surface area contributed by atoms with Gasteiger partial charge in [-0.25, -0.2) is 0 Å². The average Bonchev–Trinajstić information content (AvgIpc) is 2.92. The molecule has 3 nitrogen and oxygen atoms in total. The Morgan fingerprint density at radius 3 is 2.50 bits per heavy atom. The molecule has 1 fully saturated rings. The molecular formula is C9H13BrF3NO2. The van der Waals surface area contributed by atoms with E-state index in [0.717, 1.165) is 12.8 Å². The molecule has 1 aliphatic rings. The Morgan fingerprint density at radius 2 is 2.06 bits per heavy atom. The van der Waals surface area contributed by atoms with Gasteiger partial charge in [-0.3, -0.25) is 4.79 Å². The van der Waals surface area contributed by atoms with Gasteiger partial charge in [0, 0.05) is 17.3 Å². The molecule has 16 heavy (non-hydrogen) atoms. The van der Waals surface area contributed by atoms with Gasteiger partial charge in [0.15, 0.2) is 0 Å². The van der Waals surface area contributed by atoms with Crippen LogP contribution in [0.15, 0.2) is 0 Å². The fourth-order valence-corrected chi connectivity index (χ4v) is 1.85. The van der Waals surface area contributed by atoms with Gasteiger partial charge < -0.3 is 10.1 Å². The molecule has 0 aromatic rings. The molecule has 0 unspecified atom stereocenters. The Bertz CT molecular complexity index is 254. The van der Waals surface area contributed by atoms with E-state index in [1.54, 1.807) is 0 Å². The highest BCUT2D eigenvalue weighted by Crippen LogP contribution is 2.36. The summed E-state index contributed by atoms with van der Waals surface area (Å²) in [4.78, 5) is 11.3. The van der Waals surface area contributed by atoms with Crippen molar-refractivity contribution in [1.82, 2.24) is 5.32 Å². The van der Waals surface area contributed by atoms with E-state index in [1.807, 2.05) is 0 Å². The molecule has 1 saturated carbocycles. The summed E-state index contributed by atoms with van der Waals surface area (Å²) in [5.74, 6) is -0.265. The number of alkyl halides is 4. The number of halogens is 4. The minimum Gasteiger partial charge on any atom is -0.372 e. The van der Waals surface area contributed by atoms with Crippen molar-refractivity contribution >= 4 is 21.8 Å². The predicted octanol–water partition coefficient (Wildman–Crippen LogP) is 2.00. The second-order valence-corrected chi connectivity index (χ2v) is 4.44. The molecule has 1 amide bonds. The fraction of sp³-hybridized carbons (Fsp3) is 0.889. The minimum atomic E-state index is -4.33. The van der Waals surface area contributed by atoms with Crippen molar-refractivity contribution in [3.63, 3.8) is 0 Å². The van der Waals surface area contributed by atoms with Crippen LogP contribution < -0.4 is 5.32 Å². The summed E-state index contributed by atoms with van der Waals surface area (Å²) in [6.07, 6.45) is -2.55. The number of ether oxygens (including phenoxy) is 1. The second-order valence-electron chi connectivity index (χ2n) is 3.88. The Labute approximate surface area is 99.8 Å². The van der Waals surface area contributed by atoms with Crippen LogP contribution >= 0.6 is 15.9 Å². The first-order valence-corrected chi connectivity index (χ1v) is 6.00. The van der Waals surface area contributed by atoms with Gasteiger partial charge in [-0.15, -0.1) is 0 Å². The van der Waals surface area contributed by atoms with Crippen molar-refractivity contribution in [2.45, 2.75) is 31.0 Å². The largest absolute Gasteiger partial charge is 0.411 e. The van der Waals surface area contributed by atoms with Gasteiger partial charge in [0.2, 0.25) is 5.91 Å². The third kappa shape index (κ3) is 5.16. The van der Waals surface area contributed by atoms with E-state index >= 15 is 0 Å². The summed E-state index contributed by atoms with van der Waals surface area (Å²) in [5.41, 5.74) is -0.166. The van der Waals surface area contributed by atoms with Crippen molar-refractivity contribution < 1.29 is 22.7 Å². The van der Waals surface area contributed by atoms with Gasteiger partial charge in [-0.2, -0.15) is 13.2 Å². The number of carbonyl (C=O) groups is 1. The molecule has 0 saturated heterocycles. The summed E-state index contributed by atoms with van der Waals surface area (Å²) in [7, 11) is 0. The molecule has 1 rings (SSSR count). The normalized spacial score (nSPS) is 18.2. The zero-order valence-electron chi connectivity index (χ0n) is 8.57. The zero-order valence-corrected chi connectivity index (χ0v) is 10.2. The minimum absolute atomic E-state index is 0.0369. The van der Waals surface area contributed by atoms with Crippen LogP contribution in [0.25, 0.3) is 0 Å². The Morgan fingerprint density at radius 1 is 1.44 bits per heavy atom. The van der Waals surface area contributed by atoms with Crippen LogP contribution in [0.4, 0.5) is 13.2 Å². The van der Waals surface area contributed by atoms with Crippen LogP contribution in [-0.4, -0.2) is 36.2 Å². The van der Waals surface area contributed by atoms with Crippen molar-refractivity contribution in [2.75, 3.05) is 18.5 Å². The predicted molar refractivity (Wildman–Crippen MR) is 55.4 cm³/mol. The molecule has 0 radical (unpaired) electrons. The molecule has 0 heterocycles.